The lowest BCUT2D eigenvalue weighted by molar-refractivity contribution is 0.0710. The first-order chi connectivity index (χ1) is 12.2. The Kier molecular flexibility index (Phi) is 3.93. The van der Waals surface area contributed by atoms with Crippen molar-refractivity contribution in [2.75, 3.05) is 13.7 Å². The number of para-hydroxylation sites is 1. The fourth-order valence-electron chi connectivity index (χ4n) is 3.55. The molecule has 2 N–H and O–H groups in total. The molecular formula is C20H20N2O3. The molecule has 128 valence electrons. The van der Waals surface area contributed by atoms with Gasteiger partial charge in [-0.2, -0.15) is 0 Å². The molecule has 1 amide bonds. The van der Waals surface area contributed by atoms with E-state index in [0.29, 0.717) is 18.7 Å². The molecule has 2 heterocycles. The summed E-state index contributed by atoms with van der Waals surface area (Å²) < 4.78 is 5.29. The van der Waals surface area contributed by atoms with Gasteiger partial charge >= 0.3 is 0 Å². The van der Waals surface area contributed by atoms with E-state index in [9.17, 15) is 9.90 Å². The van der Waals surface area contributed by atoms with Crippen molar-refractivity contribution in [2.45, 2.75) is 18.6 Å². The number of carbonyl (C=O) groups is 1. The Morgan fingerprint density at radius 1 is 1.20 bits per heavy atom. The van der Waals surface area contributed by atoms with E-state index in [2.05, 4.69) is 4.98 Å². The zero-order valence-corrected chi connectivity index (χ0v) is 14.0. The summed E-state index contributed by atoms with van der Waals surface area (Å²) in [6.45, 7) is 0.329. The van der Waals surface area contributed by atoms with Crippen LogP contribution in [0.3, 0.4) is 0 Å². The van der Waals surface area contributed by atoms with Crippen molar-refractivity contribution in [3.8, 4) is 5.75 Å². The number of aliphatic hydroxyl groups is 1. The van der Waals surface area contributed by atoms with Gasteiger partial charge in [-0.1, -0.05) is 30.3 Å². The number of rotatable bonds is 3. The number of aromatic amines is 1. The van der Waals surface area contributed by atoms with Crippen molar-refractivity contribution >= 4 is 16.8 Å². The van der Waals surface area contributed by atoms with Gasteiger partial charge in [-0.15, -0.1) is 0 Å². The van der Waals surface area contributed by atoms with Crippen LogP contribution in [0.25, 0.3) is 10.9 Å². The minimum atomic E-state index is -0.524. The summed E-state index contributed by atoms with van der Waals surface area (Å²) in [7, 11) is 1.62. The van der Waals surface area contributed by atoms with Crippen molar-refractivity contribution in [3.63, 3.8) is 0 Å². The van der Waals surface area contributed by atoms with Gasteiger partial charge < -0.3 is 19.7 Å². The standard InChI is InChI=1S/C20H20N2O3/c1-25-16-7-4-6-14(9-16)19-11-15(23)12-22(19)20(24)18-10-13-5-2-3-8-17(13)21-18/h2-10,15,19,21,23H,11-12H2,1H3/t15-,19+/m0/s1. The van der Waals surface area contributed by atoms with E-state index in [1.807, 2.05) is 54.6 Å². The first kappa shape index (κ1) is 15.7. The molecule has 2 atom stereocenters. The Balaban J connectivity index is 1.67. The fraction of sp³-hybridized carbons (Fsp3) is 0.250. The number of ether oxygens (including phenoxy) is 1. The second kappa shape index (κ2) is 6.26. The number of benzene rings is 2. The molecule has 2 aromatic carbocycles. The highest BCUT2D eigenvalue weighted by atomic mass is 16.5. The largest absolute Gasteiger partial charge is 0.497 e. The van der Waals surface area contributed by atoms with Gasteiger partial charge in [-0.25, -0.2) is 0 Å². The molecule has 0 aliphatic carbocycles. The molecule has 5 heteroatoms. The smallest absolute Gasteiger partial charge is 0.270 e. The van der Waals surface area contributed by atoms with Crippen LogP contribution in [0.1, 0.15) is 28.5 Å². The maximum atomic E-state index is 13.1. The molecule has 0 spiro atoms. The number of aliphatic hydroxyl groups excluding tert-OH is 1. The monoisotopic (exact) mass is 336 g/mol. The number of fused-ring (bicyclic) bond motifs is 1. The third kappa shape index (κ3) is 2.87. The number of amides is 1. The quantitative estimate of drug-likeness (QED) is 0.772. The minimum Gasteiger partial charge on any atom is -0.497 e. The number of aromatic nitrogens is 1. The number of nitrogens with zero attached hydrogens (tertiary/aromatic N) is 1. The van der Waals surface area contributed by atoms with Crippen molar-refractivity contribution < 1.29 is 14.6 Å². The molecule has 0 unspecified atom stereocenters. The van der Waals surface area contributed by atoms with Gasteiger partial charge in [-0.3, -0.25) is 4.79 Å². The van der Waals surface area contributed by atoms with E-state index in [0.717, 1.165) is 22.2 Å². The molecule has 1 saturated heterocycles. The summed E-state index contributed by atoms with van der Waals surface area (Å²) in [6, 6.07) is 17.2. The molecule has 0 saturated carbocycles. The summed E-state index contributed by atoms with van der Waals surface area (Å²) in [6.07, 6.45) is 0.00334. The average Bonchev–Trinajstić information content (AvgIpc) is 3.24. The van der Waals surface area contributed by atoms with E-state index in [1.165, 1.54) is 0 Å². The minimum absolute atomic E-state index is 0.0967. The SMILES string of the molecule is COc1cccc([C@H]2C[C@H](O)CN2C(=O)c2cc3ccccc3[nH]2)c1. The van der Waals surface area contributed by atoms with Crippen LogP contribution in [0, 0.1) is 0 Å². The van der Waals surface area contributed by atoms with Crippen LogP contribution in [0.15, 0.2) is 54.6 Å². The zero-order valence-electron chi connectivity index (χ0n) is 14.0. The fourth-order valence-corrected chi connectivity index (χ4v) is 3.55. The maximum absolute atomic E-state index is 13.1. The highest BCUT2D eigenvalue weighted by Crippen LogP contribution is 2.35. The Labute approximate surface area is 145 Å². The number of carbonyl (C=O) groups excluding carboxylic acids is 1. The highest BCUT2D eigenvalue weighted by molar-refractivity contribution is 5.98. The number of H-pyrrole nitrogens is 1. The van der Waals surface area contributed by atoms with Gasteiger partial charge in [0.05, 0.1) is 19.3 Å². The predicted octanol–water partition coefficient (Wildman–Crippen LogP) is 3.12. The molecule has 25 heavy (non-hydrogen) atoms. The lowest BCUT2D eigenvalue weighted by Crippen LogP contribution is -2.32. The van der Waals surface area contributed by atoms with Crippen molar-refractivity contribution in [1.82, 2.24) is 9.88 Å². The predicted molar refractivity (Wildman–Crippen MR) is 95.7 cm³/mol. The van der Waals surface area contributed by atoms with Gasteiger partial charge in [0.25, 0.3) is 5.91 Å². The summed E-state index contributed by atoms with van der Waals surface area (Å²) >= 11 is 0. The Morgan fingerprint density at radius 2 is 2.04 bits per heavy atom. The van der Waals surface area contributed by atoms with Gasteiger partial charge in [0, 0.05) is 17.4 Å². The lowest BCUT2D eigenvalue weighted by Gasteiger charge is -2.24. The number of likely N-dealkylation sites (tertiary alicyclic amines) is 1. The van der Waals surface area contributed by atoms with Crippen molar-refractivity contribution in [3.05, 3.63) is 65.9 Å². The zero-order chi connectivity index (χ0) is 17.4. The van der Waals surface area contributed by atoms with Gasteiger partial charge in [0.15, 0.2) is 0 Å². The molecule has 0 bridgehead atoms. The van der Waals surface area contributed by atoms with Gasteiger partial charge in [0.1, 0.15) is 11.4 Å². The van der Waals surface area contributed by atoms with Gasteiger partial charge in [-0.05, 0) is 36.2 Å². The lowest BCUT2D eigenvalue weighted by atomic mass is 10.0. The van der Waals surface area contributed by atoms with E-state index in [4.69, 9.17) is 4.74 Å². The van der Waals surface area contributed by atoms with Gasteiger partial charge in [0.2, 0.25) is 0 Å². The Bertz CT molecular complexity index is 885. The van der Waals surface area contributed by atoms with E-state index >= 15 is 0 Å². The molecule has 1 aromatic heterocycles. The van der Waals surface area contributed by atoms with Crippen LogP contribution >= 0.6 is 0 Å². The van der Waals surface area contributed by atoms with Crippen LogP contribution < -0.4 is 4.74 Å². The second-order valence-electron chi connectivity index (χ2n) is 6.41. The Morgan fingerprint density at radius 3 is 2.84 bits per heavy atom. The number of β-amino-alcohol motifs (C(OH)–C–C–N with tert-alkyl or cyclic N) is 1. The Hall–Kier alpha value is -2.79. The van der Waals surface area contributed by atoms with Crippen molar-refractivity contribution in [2.24, 2.45) is 0 Å². The van der Waals surface area contributed by atoms with Crippen LogP contribution in [-0.4, -0.2) is 40.7 Å². The second-order valence-corrected chi connectivity index (χ2v) is 6.41. The summed E-state index contributed by atoms with van der Waals surface area (Å²) in [5.74, 6) is 0.650. The number of nitrogens with one attached hydrogen (secondary N) is 1. The van der Waals surface area contributed by atoms with Crippen molar-refractivity contribution in [1.29, 1.82) is 0 Å². The third-order valence-electron chi connectivity index (χ3n) is 4.78. The average molecular weight is 336 g/mol. The van der Waals surface area contributed by atoms with Crippen LogP contribution in [0.4, 0.5) is 0 Å². The molecule has 5 nitrogen and oxygen atoms in total. The molecular weight excluding hydrogens is 316 g/mol. The number of methoxy groups -OCH3 is 1. The van der Waals surface area contributed by atoms with E-state index in [1.54, 1.807) is 12.0 Å². The number of hydrogen-bond donors (Lipinski definition) is 2. The topological polar surface area (TPSA) is 65.6 Å². The molecule has 3 aromatic rings. The first-order valence-corrected chi connectivity index (χ1v) is 8.36. The third-order valence-corrected chi connectivity index (χ3v) is 4.78. The number of hydrogen-bond acceptors (Lipinski definition) is 3. The summed E-state index contributed by atoms with van der Waals surface area (Å²) in [5, 5.41) is 11.2. The summed E-state index contributed by atoms with van der Waals surface area (Å²) in [5.41, 5.74) is 2.45. The summed E-state index contributed by atoms with van der Waals surface area (Å²) in [4.78, 5) is 18.0. The molecule has 1 aliphatic rings. The highest BCUT2D eigenvalue weighted by Gasteiger charge is 2.36. The normalized spacial score (nSPS) is 20.2. The van der Waals surface area contributed by atoms with E-state index in [-0.39, 0.29) is 11.9 Å². The van der Waals surface area contributed by atoms with Crippen LogP contribution in [0.5, 0.6) is 5.75 Å². The van der Waals surface area contributed by atoms with Crippen LogP contribution in [-0.2, 0) is 0 Å². The van der Waals surface area contributed by atoms with Crippen LogP contribution in [0.2, 0.25) is 0 Å². The molecule has 0 radical (unpaired) electrons. The molecule has 1 aliphatic heterocycles. The molecule has 1 fully saturated rings. The van der Waals surface area contributed by atoms with E-state index < -0.39 is 6.10 Å². The maximum Gasteiger partial charge on any atom is 0.270 e. The first-order valence-electron chi connectivity index (χ1n) is 8.36. The molecule has 4 rings (SSSR count).